The van der Waals surface area contributed by atoms with Crippen LogP contribution in [0.3, 0.4) is 0 Å². The van der Waals surface area contributed by atoms with Gasteiger partial charge < -0.3 is 10.1 Å². The van der Waals surface area contributed by atoms with Crippen molar-refractivity contribution < 1.29 is 19.1 Å². The number of carbonyl (C=O) groups is 3. The molecule has 0 aromatic heterocycles. The van der Waals surface area contributed by atoms with Crippen LogP contribution in [-0.2, 0) is 19.1 Å². The molecule has 1 amide bonds. The maximum absolute atomic E-state index is 12.4. The fourth-order valence-corrected chi connectivity index (χ4v) is 4.38. The van der Waals surface area contributed by atoms with E-state index in [1.165, 1.54) is 96.8 Å². The van der Waals surface area contributed by atoms with E-state index >= 15 is 0 Å². The van der Waals surface area contributed by atoms with Crippen LogP contribution in [0, 0.1) is 0 Å². The van der Waals surface area contributed by atoms with Gasteiger partial charge in [-0.15, -0.1) is 0 Å². The highest BCUT2D eigenvalue weighted by molar-refractivity contribution is 5.89. The lowest BCUT2D eigenvalue weighted by atomic mass is 10.0. The molecule has 0 spiro atoms. The van der Waals surface area contributed by atoms with E-state index in [1.54, 1.807) is 0 Å². The summed E-state index contributed by atoms with van der Waals surface area (Å²) in [4.78, 5) is 36.3. The Bertz CT molecular complexity index is 520. The van der Waals surface area contributed by atoms with Crippen LogP contribution in [0.2, 0.25) is 0 Å². The number of carbonyl (C=O) groups excluding carboxylic acids is 3. The molecule has 35 heavy (non-hydrogen) atoms. The molecule has 0 bridgehead atoms. The Balaban J connectivity index is 3.88. The van der Waals surface area contributed by atoms with Gasteiger partial charge >= 0.3 is 5.97 Å². The molecule has 0 aliphatic rings. The van der Waals surface area contributed by atoms with Crippen LogP contribution in [-0.4, -0.2) is 30.3 Å². The summed E-state index contributed by atoms with van der Waals surface area (Å²) in [7, 11) is 0. The molecule has 5 heteroatoms. The van der Waals surface area contributed by atoms with Gasteiger partial charge in [0.1, 0.15) is 11.8 Å². The summed E-state index contributed by atoms with van der Waals surface area (Å²) < 4.78 is 5.37. The number of unbranched alkanes of at least 4 members (excludes halogenated alkanes) is 18. The smallest absolute Gasteiger partial charge is 0.329 e. The Morgan fingerprint density at radius 1 is 0.600 bits per heavy atom. The van der Waals surface area contributed by atoms with E-state index in [0.29, 0.717) is 13.0 Å². The topological polar surface area (TPSA) is 72.5 Å². The molecule has 0 radical (unpaired) electrons. The van der Waals surface area contributed by atoms with E-state index in [0.717, 1.165) is 38.5 Å². The lowest BCUT2D eigenvalue weighted by Gasteiger charge is -2.16. The van der Waals surface area contributed by atoms with Gasteiger partial charge in [-0.05, 0) is 19.8 Å². The molecular formula is C30H57NO4. The van der Waals surface area contributed by atoms with Gasteiger partial charge in [-0.1, -0.05) is 129 Å². The molecule has 206 valence electrons. The first kappa shape index (κ1) is 33.6. The van der Waals surface area contributed by atoms with Gasteiger partial charge in [0, 0.05) is 12.8 Å². The molecule has 0 aromatic carbocycles. The zero-order chi connectivity index (χ0) is 26.0. The Kier molecular flexibility index (Phi) is 24.7. The first-order valence-corrected chi connectivity index (χ1v) is 15.0. The number of nitrogens with one attached hydrogen (secondary N) is 1. The first-order valence-electron chi connectivity index (χ1n) is 15.0. The SMILES string of the molecule is CCCCCCCCCCCCCC(=O)N[C@H](CC(C)=O)C(=O)OCCCCCCCCCCC. The summed E-state index contributed by atoms with van der Waals surface area (Å²) in [5.74, 6) is -0.760. The predicted octanol–water partition coefficient (Wildman–Crippen LogP) is 8.23. The molecular weight excluding hydrogens is 438 g/mol. The molecule has 0 saturated heterocycles. The normalized spacial score (nSPS) is 11.9. The van der Waals surface area contributed by atoms with Crippen LogP contribution in [0.5, 0.6) is 0 Å². The molecule has 1 atom stereocenters. The first-order chi connectivity index (χ1) is 17.0. The standard InChI is InChI=1S/C30H57NO4/c1-4-6-8-10-12-14-15-16-18-20-22-24-29(33)31-28(26-27(3)32)30(34)35-25-23-21-19-17-13-11-9-7-5-2/h28H,4-26H2,1-3H3,(H,31,33)/t28-/m1/s1. The molecule has 1 N–H and O–H groups in total. The summed E-state index contributed by atoms with van der Waals surface area (Å²) in [6.45, 7) is 6.27. The summed E-state index contributed by atoms with van der Waals surface area (Å²) in [5.41, 5.74) is 0. The van der Waals surface area contributed by atoms with E-state index in [9.17, 15) is 14.4 Å². The molecule has 0 aliphatic carbocycles. The van der Waals surface area contributed by atoms with Crippen LogP contribution in [0.1, 0.15) is 162 Å². The number of amides is 1. The highest BCUT2D eigenvalue weighted by atomic mass is 16.5. The Labute approximate surface area is 216 Å². The van der Waals surface area contributed by atoms with Crippen LogP contribution in [0.4, 0.5) is 0 Å². The second-order valence-electron chi connectivity index (χ2n) is 10.3. The predicted molar refractivity (Wildman–Crippen MR) is 146 cm³/mol. The van der Waals surface area contributed by atoms with Gasteiger partial charge in [0.2, 0.25) is 5.91 Å². The highest BCUT2D eigenvalue weighted by Gasteiger charge is 2.23. The Morgan fingerprint density at radius 2 is 1.00 bits per heavy atom. The van der Waals surface area contributed by atoms with Crippen molar-refractivity contribution in [3.8, 4) is 0 Å². The number of ether oxygens (including phenoxy) is 1. The van der Waals surface area contributed by atoms with Gasteiger partial charge in [-0.25, -0.2) is 4.79 Å². The third-order valence-corrected chi connectivity index (χ3v) is 6.61. The molecule has 0 unspecified atom stereocenters. The second-order valence-corrected chi connectivity index (χ2v) is 10.3. The summed E-state index contributed by atoms with van der Waals surface area (Å²) in [6, 6.07) is -0.855. The van der Waals surface area contributed by atoms with E-state index in [1.807, 2.05) is 0 Å². The van der Waals surface area contributed by atoms with Crippen molar-refractivity contribution in [1.82, 2.24) is 5.32 Å². The second kappa shape index (κ2) is 25.7. The number of hydrogen-bond acceptors (Lipinski definition) is 4. The minimum Gasteiger partial charge on any atom is -0.464 e. The highest BCUT2D eigenvalue weighted by Crippen LogP contribution is 2.12. The zero-order valence-electron chi connectivity index (χ0n) is 23.5. The summed E-state index contributed by atoms with van der Waals surface area (Å²) in [5, 5.41) is 2.73. The van der Waals surface area contributed by atoms with Gasteiger partial charge in [-0.3, -0.25) is 9.59 Å². The van der Waals surface area contributed by atoms with E-state index < -0.39 is 12.0 Å². The maximum atomic E-state index is 12.4. The maximum Gasteiger partial charge on any atom is 0.329 e. The molecule has 0 rings (SSSR count). The number of hydrogen-bond donors (Lipinski definition) is 1. The van der Waals surface area contributed by atoms with Gasteiger partial charge in [0.15, 0.2) is 0 Å². The van der Waals surface area contributed by atoms with E-state index in [-0.39, 0.29) is 18.1 Å². The largest absolute Gasteiger partial charge is 0.464 e. The molecule has 0 fully saturated rings. The van der Waals surface area contributed by atoms with Gasteiger partial charge in [-0.2, -0.15) is 0 Å². The van der Waals surface area contributed by atoms with Crippen molar-refractivity contribution in [2.24, 2.45) is 0 Å². The summed E-state index contributed by atoms with van der Waals surface area (Å²) >= 11 is 0. The number of esters is 1. The third-order valence-electron chi connectivity index (χ3n) is 6.61. The minimum absolute atomic E-state index is 0.000585. The van der Waals surface area contributed by atoms with Crippen molar-refractivity contribution in [3.63, 3.8) is 0 Å². The fraction of sp³-hybridized carbons (Fsp3) is 0.900. The van der Waals surface area contributed by atoms with Gasteiger partial charge in [0.25, 0.3) is 0 Å². The Hall–Kier alpha value is -1.39. The van der Waals surface area contributed by atoms with Crippen molar-refractivity contribution in [2.45, 2.75) is 168 Å². The number of Topliss-reactive ketones (excluding diaryl/α,β-unsaturated/α-hetero) is 1. The molecule has 5 nitrogen and oxygen atoms in total. The van der Waals surface area contributed by atoms with E-state index in [2.05, 4.69) is 19.2 Å². The van der Waals surface area contributed by atoms with Crippen LogP contribution in [0.15, 0.2) is 0 Å². The molecule has 0 aromatic rings. The monoisotopic (exact) mass is 495 g/mol. The average Bonchev–Trinajstić information content (AvgIpc) is 2.82. The Morgan fingerprint density at radius 3 is 1.43 bits per heavy atom. The minimum atomic E-state index is -0.855. The third kappa shape index (κ3) is 24.1. The van der Waals surface area contributed by atoms with Crippen LogP contribution < -0.4 is 5.32 Å². The number of ketones is 1. The quantitative estimate of drug-likeness (QED) is 0.0969. The van der Waals surface area contributed by atoms with Crippen LogP contribution >= 0.6 is 0 Å². The van der Waals surface area contributed by atoms with Gasteiger partial charge in [0.05, 0.1) is 6.61 Å². The molecule has 0 aliphatic heterocycles. The van der Waals surface area contributed by atoms with Crippen molar-refractivity contribution in [3.05, 3.63) is 0 Å². The average molecular weight is 496 g/mol. The van der Waals surface area contributed by atoms with Crippen molar-refractivity contribution >= 4 is 17.7 Å². The van der Waals surface area contributed by atoms with Crippen LogP contribution in [0.25, 0.3) is 0 Å². The lowest BCUT2D eigenvalue weighted by Crippen LogP contribution is -2.43. The zero-order valence-corrected chi connectivity index (χ0v) is 23.5. The summed E-state index contributed by atoms with van der Waals surface area (Å²) in [6.07, 6.45) is 24.8. The van der Waals surface area contributed by atoms with E-state index in [4.69, 9.17) is 4.74 Å². The van der Waals surface area contributed by atoms with Crippen molar-refractivity contribution in [1.29, 1.82) is 0 Å². The lowest BCUT2D eigenvalue weighted by molar-refractivity contribution is -0.149. The molecule has 0 saturated carbocycles. The fourth-order valence-electron chi connectivity index (χ4n) is 4.38. The molecule has 0 heterocycles. The van der Waals surface area contributed by atoms with Crippen molar-refractivity contribution in [2.75, 3.05) is 6.61 Å². The number of rotatable bonds is 26.